The van der Waals surface area contributed by atoms with E-state index >= 15 is 0 Å². The molecule has 3 nitrogen and oxygen atoms in total. The van der Waals surface area contributed by atoms with E-state index in [9.17, 15) is 4.79 Å². The van der Waals surface area contributed by atoms with Crippen molar-refractivity contribution in [1.29, 1.82) is 0 Å². The summed E-state index contributed by atoms with van der Waals surface area (Å²) in [4.78, 5) is 12.5. The topological polar surface area (TPSA) is 29.5 Å². The molecule has 0 aromatic rings. The van der Waals surface area contributed by atoms with Crippen LogP contribution in [0.4, 0.5) is 4.79 Å². The van der Waals surface area contributed by atoms with Crippen LogP contribution in [0.3, 0.4) is 0 Å². The van der Waals surface area contributed by atoms with Gasteiger partial charge >= 0.3 is 6.09 Å². The lowest BCUT2D eigenvalue weighted by Crippen LogP contribution is -2.31. The summed E-state index contributed by atoms with van der Waals surface area (Å²) in [5, 5.41) is 0. The number of rotatable bonds is 3. The molecule has 0 radical (unpaired) electrons. The Bertz CT molecular complexity index is 154. The minimum atomic E-state index is -0.296. The van der Waals surface area contributed by atoms with Gasteiger partial charge in [-0.3, -0.25) is 0 Å². The van der Waals surface area contributed by atoms with E-state index in [0.29, 0.717) is 13.1 Å². The summed E-state index contributed by atoms with van der Waals surface area (Å²) >= 11 is 0. The van der Waals surface area contributed by atoms with Gasteiger partial charge in [0.25, 0.3) is 0 Å². The molecule has 0 unspecified atom stereocenters. The Balaban J connectivity index is 3.94. The molecule has 0 rings (SSSR count). The molecule has 64 valence electrons. The third-order valence-electron chi connectivity index (χ3n) is 1.28. The second kappa shape index (κ2) is 4.77. The summed E-state index contributed by atoms with van der Waals surface area (Å²) in [6, 6.07) is 0. The van der Waals surface area contributed by atoms with E-state index in [1.807, 2.05) is 13.8 Å². The van der Waals surface area contributed by atoms with Crippen LogP contribution in [0.15, 0.2) is 12.2 Å². The fraction of sp³-hybridized carbons (Fsp3) is 0.625. The SMILES string of the molecule is C=C(C)CN(CC)C(=O)OC. The van der Waals surface area contributed by atoms with Crippen molar-refractivity contribution in [3.63, 3.8) is 0 Å². The van der Waals surface area contributed by atoms with Crippen molar-refractivity contribution in [2.45, 2.75) is 13.8 Å². The Kier molecular flexibility index (Phi) is 4.34. The van der Waals surface area contributed by atoms with Crippen LogP contribution in [0, 0.1) is 0 Å². The molecule has 0 spiro atoms. The Morgan fingerprint density at radius 1 is 1.64 bits per heavy atom. The van der Waals surface area contributed by atoms with Crippen LogP contribution in [-0.4, -0.2) is 31.2 Å². The van der Waals surface area contributed by atoms with Gasteiger partial charge in [-0.2, -0.15) is 0 Å². The molecule has 0 saturated heterocycles. The molecule has 11 heavy (non-hydrogen) atoms. The Hall–Kier alpha value is -0.990. The number of likely N-dealkylation sites (N-methyl/N-ethyl adjacent to an activating group) is 1. The van der Waals surface area contributed by atoms with Gasteiger partial charge in [-0.1, -0.05) is 12.2 Å². The zero-order valence-corrected chi connectivity index (χ0v) is 7.39. The number of methoxy groups -OCH3 is 1. The van der Waals surface area contributed by atoms with Gasteiger partial charge in [-0.25, -0.2) is 4.79 Å². The molecular weight excluding hydrogens is 142 g/mol. The molecular formula is C8H15NO2. The standard InChI is InChI=1S/C8H15NO2/c1-5-9(6-7(2)3)8(10)11-4/h2,5-6H2,1,3-4H3. The van der Waals surface area contributed by atoms with Gasteiger partial charge in [0.15, 0.2) is 0 Å². The maximum absolute atomic E-state index is 10.9. The lowest BCUT2D eigenvalue weighted by molar-refractivity contribution is 0.129. The predicted molar refractivity (Wildman–Crippen MR) is 44.5 cm³/mol. The highest BCUT2D eigenvalue weighted by Gasteiger charge is 2.09. The van der Waals surface area contributed by atoms with E-state index in [4.69, 9.17) is 0 Å². The van der Waals surface area contributed by atoms with E-state index in [2.05, 4.69) is 11.3 Å². The van der Waals surface area contributed by atoms with Gasteiger partial charge in [-0.05, 0) is 13.8 Å². The third kappa shape index (κ3) is 3.65. The molecule has 1 amide bonds. The maximum atomic E-state index is 10.9. The van der Waals surface area contributed by atoms with Gasteiger partial charge in [0.05, 0.1) is 7.11 Å². The van der Waals surface area contributed by atoms with Crippen LogP contribution in [0.5, 0.6) is 0 Å². The monoisotopic (exact) mass is 157 g/mol. The van der Waals surface area contributed by atoms with Crippen LogP contribution in [0.2, 0.25) is 0 Å². The van der Waals surface area contributed by atoms with Gasteiger partial charge in [0.1, 0.15) is 0 Å². The molecule has 0 fully saturated rings. The van der Waals surface area contributed by atoms with Crippen molar-refractivity contribution < 1.29 is 9.53 Å². The molecule has 0 aliphatic heterocycles. The molecule has 3 heteroatoms. The van der Waals surface area contributed by atoms with Crippen molar-refractivity contribution >= 4 is 6.09 Å². The van der Waals surface area contributed by atoms with Crippen LogP contribution >= 0.6 is 0 Å². The van der Waals surface area contributed by atoms with Crippen LogP contribution in [0.25, 0.3) is 0 Å². The van der Waals surface area contributed by atoms with Crippen molar-refractivity contribution in [2.24, 2.45) is 0 Å². The van der Waals surface area contributed by atoms with Crippen molar-refractivity contribution in [3.8, 4) is 0 Å². The fourth-order valence-corrected chi connectivity index (χ4v) is 0.760. The lowest BCUT2D eigenvalue weighted by Gasteiger charge is -2.18. The first-order valence-electron chi connectivity index (χ1n) is 3.59. The average molecular weight is 157 g/mol. The fourth-order valence-electron chi connectivity index (χ4n) is 0.760. The highest BCUT2D eigenvalue weighted by atomic mass is 16.5. The number of hydrogen-bond donors (Lipinski definition) is 0. The number of hydrogen-bond acceptors (Lipinski definition) is 2. The quantitative estimate of drug-likeness (QED) is 0.583. The van der Waals surface area contributed by atoms with Crippen LogP contribution < -0.4 is 0 Å². The third-order valence-corrected chi connectivity index (χ3v) is 1.28. The van der Waals surface area contributed by atoms with Gasteiger partial charge in [0.2, 0.25) is 0 Å². The predicted octanol–water partition coefficient (Wildman–Crippen LogP) is 1.65. The summed E-state index contributed by atoms with van der Waals surface area (Å²) < 4.78 is 4.55. The largest absolute Gasteiger partial charge is 0.453 e. The number of carbonyl (C=O) groups is 1. The zero-order valence-electron chi connectivity index (χ0n) is 7.39. The zero-order chi connectivity index (χ0) is 8.85. The minimum Gasteiger partial charge on any atom is -0.453 e. The van der Waals surface area contributed by atoms with E-state index in [1.54, 1.807) is 4.90 Å². The van der Waals surface area contributed by atoms with Crippen LogP contribution in [-0.2, 0) is 4.74 Å². The summed E-state index contributed by atoms with van der Waals surface area (Å²) in [7, 11) is 1.38. The van der Waals surface area contributed by atoms with Crippen molar-refractivity contribution in [2.75, 3.05) is 20.2 Å². The number of nitrogens with zero attached hydrogens (tertiary/aromatic N) is 1. The maximum Gasteiger partial charge on any atom is 0.409 e. The second-order valence-corrected chi connectivity index (χ2v) is 2.44. The highest BCUT2D eigenvalue weighted by Crippen LogP contribution is 1.97. The minimum absolute atomic E-state index is 0.296. The highest BCUT2D eigenvalue weighted by molar-refractivity contribution is 5.67. The smallest absolute Gasteiger partial charge is 0.409 e. The Labute approximate surface area is 67.6 Å². The van der Waals surface area contributed by atoms with E-state index in [-0.39, 0.29) is 6.09 Å². The number of amides is 1. The first-order valence-corrected chi connectivity index (χ1v) is 3.59. The van der Waals surface area contributed by atoms with Gasteiger partial charge in [-0.15, -0.1) is 0 Å². The normalized spacial score (nSPS) is 9.00. The van der Waals surface area contributed by atoms with E-state index < -0.39 is 0 Å². The first-order chi connectivity index (χ1) is 5.11. The Morgan fingerprint density at radius 3 is 2.45 bits per heavy atom. The summed E-state index contributed by atoms with van der Waals surface area (Å²) in [6.07, 6.45) is -0.296. The molecule has 0 aromatic carbocycles. The van der Waals surface area contributed by atoms with Crippen molar-refractivity contribution in [1.82, 2.24) is 4.90 Å². The molecule has 0 bridgehead atoms. The summed E-state index contributed by atoms with van der Waals surface area (Å²) in [5.74, 6) is 0. The van der Waals surface area contributed by atoms with E-state index in [1.165, 1.54) is 7.11 Å². The number of ether oxygens (including phenoxy) is 1. The molecule has 0 N–H and O–H groups in total. The molecule has 0 aliphatic rings. The summed E-state index contributed by atoms with van der Waals surface area (Å²) in [5.41, 5.74) is 0.956. The van der Waals surface area contributed by atoms with Crippen molar-refractivity contribution in [3.05, 3.63) is 12.2 Å². The molecule has 0 heterocycles. The molecule has 0 aromatic heterocycles. The molecule has 0 saturated carbocycles. The Morgan fingerprint density at radius 2 is 2.18 bits per heavy atom. The molecule has 0 aliphatic carbocycles. The van der Waals surface area contributed by atoms with Gasteiger partial charge < -0.3 is 9.64 Å². The van der Waals surface area contributed by atoms with E-state index in [0.717, 1.165) is 5.57 Å². The second-order valence-electron chi connectivity index (χ2n) is 2.44. The first kappa shape index (κ1) is 10.0. The average Bonchev–Trinajstić information content (AvgIpc) is 1.98. The van der Waals surface area contributed by atoms with Gasteiger partial charge in [0, 0.05) is 13.1 Å². The van der Waals surface area contributed by atoms with Crippen LogP contribution in [0.1, 0.15) is 13.8 Å². The molecule has 0 atom stereocenters. The summed E-state index contributed by atoms with van der Waals surface area (Å²) in [6.45, 7) is 8.72. The lowest BCUT2D eigenvalue weighted by atomic mass is 10.3. The number of carbonyl (C=O) groups excluding carboxylic acids is 1.